The van der Waals surface area contributed by atoms with E-state index >= 15 is 0 Å². The molecule has 0 aromatic carbocycles. The predicted octanol–water partition coefficient (Wildman–Crippen LogP) is 4.22. The van der Waals surface area contributed by atoms with E-state index in [0.717, 1.165) is 12.8 Å². The summed E-state index contributed by atoms with van der Waals surface area (Å²) < 4.78 is 0. The Balaban J connectivity index is 3.35. The second kappa shape index (κ2) is 5.93. The van der Waals surface area contributed by atoms with Crippen LogP contribution in [0, 0.1) is 0 Å². The van der Waals surface area contributed by atoms with Gasteiger partial charge in [0.2, 0.25) is 0 Å². The molecule has 0 aromatic rings. The van der Waals surface area contributed by atoms with E-state index in [-0.39, 0.29) is 0 Å². The number of rotatable bonds is 5. The van der Waals surface area contributed by atoms with E-state index in [9.17, 15) is 0 Å². The molecule has 0 amide bonds. The second-order valence-corrected chi connectivity index (χ2v) is 4.44. The SMILES string of the molecule is C=C(CC)SSC(=C)CC. The summed E-state index contributed by atoms with van der Waals surface area (Å²) in [6.07, 6.45) is 2.10. The summed E-state index contributed by atoms with van der Waals surface area (Å²) in [4.78, 5) is 2.44. The summed E-state index contributed by atoms with van der Waals surface area (Å²) in [5.74, 6) is 0. The van der Waals surface area contributed by atoms with Gasteiger partial charge in [0.25, 0.3) is 0 Å². The van der Waals surface area contributed by atoms with Crippen LogP contribution in [0.15, 0.2) is 23.0 Å². The van der Waals surface area contributed by atoms with Crippen LogP contribution in [0.2, 0.25) is 0 Å². The van der Waals surface area contributed by atoms with Gasteiger partial charge in [0.15, 0.2) is 0 Å². The van der Waals surface area contributed by atoms with Crippen molar-refractivity contribution in [2.45, 2.75) is 26.7 Å². The van der Waals surface area contributed by atoms with Crippen LogP contribution >= 0.6 is 21.6 Å². The summed E-state index contributed by atoms with van der Waals surface area (Å²) >= 11 is 0. The molecule has 0 spiro atoms. The van der Waals surface area contributed by atoms with Gasteiger partial charge in [0.05, 0.1) is 0 Å². The van der Waals surface area contributed by atoms with Crippen molar-refractivity contribution in [3.63, 3.8) is 0 Å². The Hall–Kier alpha value is 0.180. The van der Waals surface area contributed by atoms with E-state index in [2.05, 4.69) is 27.0 Å². The lowest BCUT2D eigenvalue weighted by atomic mass is 10.5. The van der Waals surface area contributed by atoms with Crippen molar-refractivity contribution in [3.8, 4) is 0 Å². The first kappa shape index (κ1) is 10.2. The third-order valence-corrected chi connectivity index (χ3v) is 3.86. The summed E-state index contributed by atoms with van der Waals surface area (Å²) in [6.45, 7) is 12.0. The molecule has 2 heteroatoms. The smallest absolute Gasteiger partial charge is 0.0113 e. The molecule has 0 rings (SSSR count). The first-order valence-corrected chi connectivity index (χ1v) is 5.55. The van der Waals surface area contributed by atoms with E-state index in [1.807, 2.05) is 0 Å². The standard InChI is InChI=1S/C8H14S2/c1-5-7(3)9-10-8(4)6-2/h3-6H2,1-2H3. The minimum atomic E-state index is 1.05. The maximum atomic E-state index is 3.88. The highest BCUT2D eigenvalue weighted by Crippen LogP contribution is 2.36. The molecule has 0 aromatic heterocycles. The maximum Gasteiger partial charge on any atom is -0.0113 e. The molecule has 10 heavy (non-hydrogen) atoms. The van der Waals surface area contributed by atoms with Gasteiger partial charge in [0, 0.05) is 0 Å². The summed E-state index contributed by atoms with van der Waals surface area (Å²) in [5.41, 5.74) is 0. The lowest BCUT2D eigenvalue weighted by Crippen LogP contribution is -1.67. The van der Waals surface area contributed by atoms with Gasteiger partial charge >= 0.3 is 0 Å². The molecular formula is C8H14S2. The van der Waals surface area contributed by atoms with Crippen LogP contribution in [0.3, 0.4) is 0 Å². The average Bonchev–Trinajstić information content (AvgIpc) is 1.99. The van der Waals surface area contributed by atoms with Crippen molar-refractivity contribution in [1.29, 1.82) is 0 Å². The molecule has 0 unspecified atom stereocenters. The molecule has 0 bridgehead atoms. The van der Waals surface area contributed by atoms with Crippen LogP contribution in [0.1, 0.15) is 26.7 Å². The van der Waals surface area contributed by atoms with E-state index < -0.39 is 0 Å². The van der Waals surface area contributed by atoms with Crippen molar-refractivity contribution in [2.24, 2.45) is 0 Å². The van der Waals surface area contributed by atoms with Gasteiger partial charge in [-0.15, -0.1) is 0 Å². The van der Waals surface area contributed by atoms with Gasteiger partial charge in [-0.05, 0) is 22.7 Å². The Morgan fingerprint density at radius 3 is 1.50 bits per heavy atom. The van der Waals surface area contributed by atoms with Gasteiger partial charge in [-0.1, -0.05) is 48.6 Å². The molecule has 0 saturated heterocycles. The van der Waals surface area contributed by atoms with Crippen LogP contribution in [0.4, 0.5) is 0 Å². The van der Waals surface area contributed by atoms with Crippen LogP contribution in [-0.2, 0) is 0 Å². The number of hydrogen-bond donors (Lipinski definition) is 0. The van der Waals surface area contributed by atoms with Gasteiger partial charge in [0.1, 0.15) is 0 Å². The molecule has 0 aliphatic rings. The number of allylic oxidation sites excluding steroid dienone is 2. The van der Waals surface area contributed by atoms with Crippen LogP contribution in [0.25, 0.3) is 0 Å². The molecule has 0 heterocycles. The quantitative estimate of drug-likeness (QED) is 0.572. The van der Waals surface area contributed by atoms with Gasteiger partial charge in [-0.3, -0.25) is 0 Å². The Morgan fingerprint density at radius 2 is 1.30 bits per heavy atom. The second-order valence-electron chi connectivity index (χ2n) is 1.95. The molecule has 58 valence electrons. The Morgan fingerprint density at radius 1 is 1.00 bits per heavy atom. The van der Waals surface area contributed by atoms with Crippen molar-refractivity contribution in [1.82, 2.24) is 0 Å². The lowest BCUT2D eigenvalue weighted by Gasteiger charge is -2.01. The summed E-state index contributed by atoms with van der Waals surface area (Å²) in [7, 11) is 3.46. The molecule has 0 radical (unpaired) electrons. The number of hydrogen-bond acceptors (Lipinski definition) is 2. The zero-order valence-electron chi connectivity index (χ0n) is 6.64. The van der Waals surface area contributed by atoms with Crippen LogP contribution in [0.5, 0.6) is 0 Å². The highest BCUT2D eigenvalue weighted by molar-refractivity contribution is 8.79. The lowest BCUT2D eigenvalue weighted by molar-refractivity contribution is 1.21. The zero-order chi connectivity index (χ0) is 7.98. The molecule has 0 nitrogen and oxygen atoms in total. The molecule has 0 saturated carbocycles. The highest BCUT2D eigenvalue weighted by atomic mass is 33.1. The fourth-order valence-electron chi connectivity index (χ4n) is 0.236. The summed E-state index contributed by atoms with van der Waals surface area (Å²) in [6, 6.07) is 0. The fraction of sp³-hybridized carbons (Fsp3) is 0.500. The van der Waals surface area contributed by atoms with Gasteiger partial charge < -0.3 is 0 Å². The van der Waals surface area contributed by atoms with E-state index in [0.29, 0.717) is 0 Å². The first-order chi connectivity index (χ1) is 4.70. The van der Waals surface area contributed by atoms with Crippen LogP contribution < -0.4 is 0 Å². The Labute approximate surface area is 71.6 Å². The maximum absolute atomic E-state index is 3.88. The van der Waals surface area contributed by atoms with E-state index in [1.54, 1.807) is 21.6 Å². The van der Waals surface area contributed by atoms with Gasteiger partial charge in [-0.2, -0.15) is 0 Å². The summed E-state index contributed by atoms with van der Waals surface area (Å²) in [5, 5.41) is 0. The Kier molecular flexibility index (Phi) is 6.03. The van der Waals surface area contributed by atoms with Crippen LogP contribution in [-0.4, -0.2) is 0 Å². The van der Waals surface area contributed by atoms with E-state index in [4.69, 9.17) is 0 Å². The minimum Gasteiger partial charge on any atom is -0.0886 e. The zero-order valence-corrected chi connectivity index (χ0v) is 8.28. The minimum absolute atomic E-state index is 1.05. The van der Waals surface area contributed by atoms with Crippen molar-refractivity contribution < 1.29 is 0 Å². The monoisotopic (exact) mass is 174 g/mol. The van der Waals surface area contributed by atoms with Crippen molar-refractivity contribution >= 4 is 21.6 Å². The predicted molar refractivity (Wildman–Crippen MR) is 54.0 cm³/mol. The third kappa shape index (κ3) is 5.00. The fourth-order valence-corrected chi connectivity index (χ4v) is 2.12. The van der Waals surface area contributed by atoms with Crippen molar-refractivity contribution in [3.05, 3.63) is 23.0 Å². The van der Waals surface area contributed by atoms with E-state index in [1.165, 1.54) is 9.81 Å². The Bertz CT molecular complexity index is 111. The average molecular weight is 174 g/mol. The first-order valence-electron chi connectivity index (χ1n) is 3.40. The molecule has 0 fully saturated rings. The highest BCUT2D eigenvalue weighted by Gasteiger charge is 1.94. The van der Waals surface area contributed by atoms with Crippen molar-refractivity contribution in [2.75, 3.05) is 0 Å². The molecule has 0 atom stereocenters. The van der Waals surface area contributed by atoms with Gasteiger partial charge in [-0.25, -0.2) is 0 Å². The topological polar surface area (TPSA) is 0 Å². The third-order valence-electron chi connectivity index (χ3n) is 1.07. The molecular weight excluding hydrogens is 160 g/mol. The molecule has 0 aliphatic heterocycles. The normalized spacial score (nSPS) is 9.40. The molecule has 0 N–H and O–H groups in total. The largest absolute Gasteiger partial charge is 0.0886 e. The molecule has 0 aliphatic carbocycles.